The first kappa shape index (κ1) is 37.7. The summed E-state index contributed by atoms with van der Waals surface area (Å²) in [6.45, 7) is 1.61. The van der Waals surface area contributed by atoms with Crippen molar-refractivity contribution >= 4 is 23.6 Å². The molecule has 1 aliphatic rings. The maximum atomic E-state index is 14.2. The van der Waals surface area contributed by atoms with Crippen molar-refractivity contribution in [3.63, 3.8) is 0 Å². The predicted molar refractivity (Wildman–Crippen MR) is 186 cm³/mol. The van der Waals surface area contributed by atoms with Crippen LogP contribution in [0.1, 0.15) is 62.3 Å². The Balaban J connectivity index is 1.24. The van der Waals surface area contributed by atoms with Gasteiger partial charge in [-0.25, -0.2) is 26.7 Å². The Morgan fingerprint density at radius 2 is 1.38 bits per heavy atom. The van der Waals surface area contributed by atoms with E-state index in [9.17, 15) is 41.8 Å². The molecule has 0 aromatic heterocycles. The van der Waals surface area contributed by atoms with E-state index in [1.54, 1.807) is 48.5 Å². The molecule has 4 atom stereocenters. The van der Waals surface area contributed by atoms with Gasteiger partial charge in [-0.1, -0.05) is 79.7 Å². The zero-order chi connectivity index (χ0) is 37.8. The molecule has 1 heterocycles. The number of benzene rings is 5. The van der Waals surface area contributed by atoms with Gasteiger partial charge >= 0.3 is 5.97 Å². The number of ether oxygens (including phenoxy) is 2. The third-order valence-electron chi connectivity index (χ3n) is 8.95. The lowest BCUT2D eigenvalue weighted by Crippen LogP contribution is -2.38. The number of halogens is 5. The molecule has 3 N–H and O–H groups in total. The largest absolute Gasteiger partial charge is 0.478 e. The van der Waals surface area contributed by atoms with Gasteiger partial charge in [0.15, 0.2) is 29.6 Å². The van der Waals surface area contributed by atoms with Crippen molar-refractivity contribution in [1.82, 2.24) is 5.32 Å². The molecule has 274 valence electrons. The number of nitrogens with one attached hydrogen (secondary N) is 1. The second-order valence-corrected chi connectivity index (χ2v) is 13.4. The highest BCUT2D eigenvalue weighted by atomic mass is 32.2. The third kappa shape index (κ3) is 8.13. The van der Waals surface area contributed by atoms with Crippen LogP contribution in [0.15, 0.2) is 102 Å². The fourth-order valence-electron chi connectivity index (χ4n) is 6.05. The van der Waals surface area contributed by atoms with E-state index < -0.39 is 58.9 Å². The molecule has 0 aliphatic carbocycles. The molecule has 1 saturated heterocycles. The SMILES string of the molecule is CC1C(CSc2ccccc2C(=O)O)OC(c2cccc(-c3cccc(CNC(=O)c4c(F)c(F)c(F)c(F)c4F)c3)c2)OC1c1ccc(CO)cc1. The summed E-state index contributed by atoms with van der Waals surface area (Å²) in [6, 6.07) is 28.3. The Hall–Kier alpha value is -5.08. The molecule has 0 radical (unpaired) electrons. The van der Waals surface area contributed by atoms with E-state index in [1.165, 1.54) is 11.8 Å². The number of thioether (sulfide) groups is 1. The van der Waals surface area contributed by atoms with Crippen molar-refractivity contribution in [2.45, 2.75) is 43.5 Å². The zero-order valence-corrected chi connectivity index (χ0v) is 28.8. The summed E-state index contributed by atoms with van der Waals surface area (Å²) < 4.78 is 82.3. The van der Waals surface area contributed by atoms with Crippen LogP contribution in [0.3, 0.4) is 0 Å². The number of rotatable bonds is 11. The van der Waals surface area contributed by atoms with Gasteiger partial charge in [0.2, 0.25) is 5.82 Å². The summed E-state index contributed by atoms with van der Waals surface area (Å²) in [5, 5.41) is 21.5. The van der Waals surface area contributed by atoms with E-state index in [-0.39, 0.29) is 30.7 Å². The summed E-state index contributed by atoms with van der Waals surface area (Å²) in [6.07, 6.45) is -1.63. The quantitative estimate of drug-likeness (QED) is 0.0537. The van der Waals surface area contributed by atoms with Crippen LogP contribution in [0.5, 0.6) is 0 Å². The third-order valence-corrected chi connectivity index (χ3v) is 10.1. The maximum absolute atomic E-state index is 14.2. The minimum absolute atomic E-state index is 0.110. The van der Waals surface area contributed by atoms with Crippen molar-refractivity contribution in [2.75, 3.05) is 5.75 Å². The Kier molecular flexibility index (Phi) is 11.6. The molecule has 0 spiro atoms. The van der Waals surface area contributed by atoms with Crippen LogP contribution in [0.2, 0.25) is 0 Å². The molecule has 5 aromatic rings. The number of carboxylic acids is 1. The van der Waals surface area contributed by atoms with Gasteiger partial charge in [0, 0.05) is 28.7 Å². The fraction of sp³-hybridized carbons (Fsp3) is 0.200. The summed E-state index contributed by atoms with van der Waals surface area (Å²) in [5.74, 6) is -13.4. The Labute approximate surface area is 305 Å². The minimum Gasteiger partial charge on any atom is -0.478 e. The van der Waals surface area contributed by atoms with Crippen molar-refractivity contribution < 1.29 is 51.2 Å². The first-order chi connectivity index (χ1) is 25.5. The molecule has 1 fully saturated rings. The van der Waals surface area contributed by atoms with Gasteiger partial charge in [0.05, 0.1) is 24.4 Å². The Morgan fingerprint density at radius 3 is 2.06 bits per heavy atom. The Bertz CT molecular complexity index is 2120. The number of carbonyl (C=O) groups excluding carboxylic acids is 1. The lowest BCUT2D eigenvalue weighted by Gasteiger charge is -2.41. The van der Waals surface area contributed by atoms with Gasteiger partial charge < -0.3 is 25.0 Å². The van der Waals surface area contributed by atoms with Crippen LogP contribution in [0.4, 0.5) is 22.0 Å². The topological polar surface area (TPSA) is 105 Å². The predicted octanol–water partition coefficient (Wildman–Crippen LogP) is 8.75. The van der Waals surface area contributed by atoms with Gasteiger partial charge in [-0.15, -0.1) is 11.8 Å². The van der Waals surface area contributed by atoms with E-state index >= 15 is 0 Å². The number of aliphatic hydroxyl groups excluding tert-OH is 1. The minimum atomic E-state index is -2.35. The van der Waals surface area contributed by atoms with Crippen molar-refractivity contribution in [3.8, 4) is 11.1 Å². The number of aliphatic hydroxyl groups is 1. The van der Waals surface area contributed by atoms with E-state index in [4.69, 9.17) is 9.47 Å². The lowest BCUT2D eigenvalue weighted by molar-refractivity contribution is -0.268. The van der Waals surface area contributed by atoms with Crippen LogP contribution in [-0.2, 0) is 22.6 Å². The normalized spacial score (nSPS) is 18.5. The van der Waals surface area contributed by atoms with Gasteiger partial charge in [-0.05, 0) is 52.1 Å². The Morgan fingerprint density at radius 1 is 0.736 bits per heavy atom. The molecule has 0 saturated carbocycles. The highest BCUT2D eigenvalue weighted by molar-refractivity contribution is 7.99. The number of hydrogen-bond acceptors (Lipinski definition) is 6. The van der Waals surface area contributed by atoms with Crippen LogP contribution < -0.4 is 5.32 Å². The second kappa shape index (κ2) is 16.3. The molecule has 4 unspecified atom stereocenters. The number of carbonyl (C=O) groups is 2. The monoisotopic (exact) mass is 749 g/mol. The maximum Gasteiger partial charge on any atom is 0.336 e. The van der Waals surface area contributed by atoms with Gasteiger partial charge in [-0.2, -0.15) is 0 Å². The molecule has 1 amide bonds. The molecular weight excluding hydrogens is 717 g/mol. The summed E-state index contributed by atoms with van der Waals surface area (Å²) in [4.78, 5) is 25.0. The van der Waals surface area contributed by atoms with Crippen LogP contribution in [0, 0.1) is 35.0 Å². The first-order valence-electron chi connectivity index (χ1n) is 16.4. The summed E-state index contributed by atoms with van der Waals surface area (Å²) >= 11 is 1.38. The standard InChI is InChI=1S/C40H32F5NO6S/c1-21-29(20-53-30-11-3-2-10-28(30)39(49)50)51-40(52-37(21)24-14-12-22(19-47)13-15-24)27-9-5-8-26(17-27)25-7-4-6-23(16-25)18-46-38(48)31-32(41)34(43)36(45)35(44)33(31)42/h2-17,21,29,37,40,47H,18-20H2,1H3,(H,46,48)(H,49,50). The molecule has 13 heteroatoms. The second-order valence-electron chi connectivity index (χ2n) is 12.4. The van der Waals surface area contributed by atoms with Crippen LogP contribution in [-0.4, -0.2) is 33.9 Å². The summed E-state index contributed by atoms with van der Waals surface area (Å²) in [7, 11) is 0. The lowest BCUT2D eigenvalue weighted by atomic mass is 9.91. The highest BCUT2D eigenvalue weighted by Crippen LogP contribution is 2.44. The van der Waals surface area contributed by atoms with Crippen molar-refractivity contribution in [1.29, 1.82) is 0 Å². The number of aromatic carboxylic acids is 1. The van der Waals surface area contributed by atoms with Crippen LogP contribution in [0.25, 0.3) is 11.1 Å². The average molecular weight is 750 g/mol. The molecule has 1 aliphatic heterocycles. The molecule has 5 aromatic carbocycles. The van der Waals surface area contributed by atoms with Crippen LogP contribution >= 0.6 is 11.8 Å². The molecule has 0 bridgehead atoms. The van der Waals surface area contributed by atoms with Gasteiger partial charge in [-0.3, -0.25) is 4.79 Å². The number of hydrogen-bond donors (Lipinski definition) is 3. The van der Waals surface area contributed by atoms with E-state index in [0.717, 1.165) is 16.7 Å². The zero-order valence-electron chi connectivity index (χ0n) is 28.0. The number of amides is 1. The van der Waals surface area contributed by atoms with Crippen molar-refractivity contribution in [3.05, 3.63) is 160 Å². The summed E-state index contributed by atoms with van der Waals surface area (Å²) in [5.41, 5.74) is 2.81. The van der Waals surface area contributed by atoms with E-state index in [1.807, 2.05) is 55.5 Å². The van der Waals surface area contributed by atoms with Gasteiger partial charge in [0.1, 0.15) is 5.56 Å². The highest BCUT2D eigenvalue weighted by Gasteiger charge is 2.38. The average Bonchev–Trinajstić information content (AvgIpc) is 3.18. The van der Waals surface area contributed by atoms with E-state index in [2.05, 4.69) is 5.32 Å². The van der Waals surface area contributed by atoms with Gasteiger partial charge in [0.25, 0.3) is 5.91 Å². The molecule has 6 rings (SSSR count). The smallest absolute Gasteiger partial charge is 0.336 e. The number of carboxylic acid groups (broad SMARTS) is 1. The van der Waals surface area contributed by atoms with E-state index in [0.29, 0.717) is 27.3 Å². The molecule has 7 nitrogen and oxygen atoms in total. The molecule has 53 heavy (non-hydrogen) atoms. The first-order valence-corrected chi connectivity index (χ1v) is 17.4. The fourth-order valence-corrected chi connectivity index (χ4v) is 7.26. The molecular formula is C40H32F5NO6S. The van der Waals surface area contributed by atoms with Crippen molar-refractivity contribution in [2.24, 2.45) is 5.92 Å².